The second kappa shape index (κ2) is 63.7. The molecule has 4 aliphatic heterocycles. The predicted octanol–water partition coefficient (Wildman–Crippen LogP) is -11.1. The van der Waals surface area contributed by atoms with Gasteiger partial charge in [-0.1, -0.05) is 113 Å². The van der Waals surface area contributed by atoms with E-state index in [0.29, 0.717) is 0 Å². The minimum absolute atomic E-state index is 0.00231. The van der Waals surface area contributed by atoms with Crippen LogP contribution in [0.4, 0.5) is 0 Å². The zero-order chi connectivity index (χ0) is 104. The molecule has 0 aliphatic carbocycles. The molecule has 4 heterocycles. The van der Waals surface area contributed by atoms with Crippen molar-refractivity contribution in [3.63, 3.8) is 0 Å². The molecule has 4 saturated heterocycles. The largest absolute Gasteiger partial charge is 0.391 e. The van der Waals surface area contributed by atoms with Gasteiger partial charge in [0.1, 0.15) is 96.7 Å². The summed E-state index contributed by atoms with van der Waals surface area (Å²) < 4.78 is 0. The van der Waals surface area contributed by atoms with E-state index in [0.717, 1.165) is 71.7 Å². The van der Waals surface area contributed by atoms with E-state index in [1.165, 1.54) is 0 Å². The molecule has 0 aromatic heterocycles. The number of hydrogen-bond acceptors (Lipinski definition) is 31. The fraction of sp³-hybridized carbons (Fsp3) is 0.696. The predicted molar refractivity (Wildman–Crippen MR) is 532 cm³/mol. The third-order valence-corrected chi connectivity index (χ3v) is 28.8. The molecule has 61 heteroatoms. The molecule has 4 aliphatic rings. The maximum atomic E-state index is 15.7. The quantitative estimate of drug-likeness (QED) is 0.0137. The van der Waals surface area contributed by atoms with Crippen LogP contribution in [0.1, 0.15) is 138 Å². The van der Waals surface area contributed by atoms with Gasteiger partial charge in [0.25, 0.3) is 0 Å². The Morgan fingerprint density at radius 3 is 0.793 bits per heavy atom. The maximum Gasteiger partial charge on any atom is 0.245 e. The van der Waals surface area contributed by atoms with Crippen molar-refractivity contribution < 1.29 is 91.4 Å². The highest BCUT2D eigenvalue weighted by atomic mass is 33.1. The average molecular weight is 2090 g/mol. The zero-order valence-corrected chi connectivity index (χ0v) is 84.0. The first-order chi connectivity index (χ1) is 66.2. The van der Waals surface area contributed by atoms with E-state index in [1.54, 1.807) is 41.5 Å². The Balaban J connectivity index is 2.19. The highest BCUT2D eigenvalue weighted by Crippen LogP contribution is 2.28. The minimum Gasteiger partial charge on any atom is -0.391 e. The molecule has 786 valence electrons. The lowest BCUT2D eigenvalue weighted by Gasteiger charge is -2.30. The number of guanidine groups is 6. The Labute approximate surface area is 833 Å². The SMILES string of the molecule is CC[C@H](C)[C@@H]1NC(=O)[C@@H]2CSSC[C@H](NC(=O)[C@H](CCCNC(=N)N)NC(=O)[C@@H]3CSSC[C@H](NC1=O)C(=O)N[C@@H]([C@@H](C)O)C(=O)N[C@@H](CCCNC(=N)N)C(=O)NCC(=O)N[C@@H](CCCNC(=N)N)C(=O)N3)C(=O)N[C@@H](CC(C)C)C(=O)N[C@H]1CSSC[C@H](NC(=O)[C@H](C(C)C)NC(=O)CNC(=O)[C@H](CCCNC(=N)N)NC(=O)[C@H](CCCNC(=N)N)NC1=O)C(=O)N[C@@H](CCCNC(=N)N)C(=O)N2. The van der Waals surface area contributed by atoms with E-state index in [1.807, 2.05) is 0 Å². The summed E-state index contributed by atoms with van der Waals surface area (Å²) >= 11 is 0. The molecular weight excluding hydrogens is 1950 g/mol. The van der Waals surface area contributed by atoms with Gasteiger partial charge in [-0.25, -0.2) is 0 Å². The van der Waals surface area contributed by atoms with Crippen LogP contribution in [-0.2, 0) is 86.3 Å². The monoisotopic (exact) mass is 2090 g/mol. The fourth-order valence-electron chi connectivity index (χ4n) is 13.7. The standard InChI is InChI=1S/C79H140N36O19S6/c1-8-38(6)56-72(133)112-52-35-140-135-30-47(107-60(121)42(17-11-23-94-76(84)85)100-53(117)28-98-59(120)41(16-10-22-93-75(82)83)105-73(134)57(39(7)116)115-70(52)131)65(126)103-44(19-13-25-96-78(88)89)62(123)108-49-32-137-139-34-51(69(130)114-56)109-63(124)45(20-14-26-97-79(90)91)104-67(128)50-33-138-136-31-48(110-64(125)46(27-36(2)3)106-68(49)129)66(127)102-43(18-12-24-95-77(86)87)61(122)101-40(15-9-21-92-74(80)81)58(119)99-29-54(118)113-55(37(4)5)71(132)111-50/h36-52,55-57,116H,8-35H2,1-7H3,(H,98,120)(H,99,119)(H,100,117)(H,101,122)(H,102,127)(H,103,126)(H,104,128)(H,105,134)(H,106,129)(H,107,121)(H,108,123)(H,109,124)(H,110,125)(H,111,132)(H,112,133)(H,113,118)(H,114,130)(H,115,131)(H4,80,81,92)(H4,82,83,93)(H4,84,85,94)(H4,86,87,95)(H4,88,89,96)(H4,90,91,97)/t38-,39+,40-,41-,42-,43-,44-,45-,46-,47-,48-,49-,50-,51-,52-,55-,56-,57-/m0/s1. The van der Waals surface area contributed by atoms with Gasteiger partial charge in [-0.05, 0) is 108 Å². The number of hydrogen-bond donors (Lipinski definition) is 37. The Bertz CT molecular complexity index is 4330. The van der Waals surface area contributed by atoms with Crippen LogP contribution in [0, 0.1) is 50.2 Å². The van der Waals surface area contributed by atoms with Gasteiger partial charge in [-0.3, -0.25) is 119 Å². The molecule has 4 rings (SSSR count). The van der Waals surface area contributed by atoms with Crippen molar-refractivity contribution in [1.29, 1.82) is 32.5 Å². The first kappa shape index (κ1) is 120. The van der Waals surface area contributed by atoms with Gasteiger partial charge in [-0.2, -0.15) is 0 Å². The van der Waals surface area contributed by atoms with Crippen molar-refractivity contribution in [3.05, 3.63) is 0 Å². The van der Waals surface area contributed by atoms with Crippen molar-refractivity contribution in [1.82, 2.24) is 128 Å². The van der Waals surface area contributed by atoms with Crippen molar-refractivity contribution >= 4 is 207 Å². The molecule has 55 nitrogen and oxygen atoms in total. The number of carbonyl (C=O) groups excluding carboxylic acids is 18. The summed E-state index contributed by atoms with van der Waals surface area (Å²) in [4.78, 5) is 271. The van der Waals surface area contributed by atoms with E-state index in [2.05, 4.69) is 128 Å². The van der Waals surface area contributed by atoms with E-state index >= 15 is 47.9 Å². The summed E-state index contributed by atoms with van der Waals surface area (Å²) in [6.45, 7) is 8.67. The summed E-state index contributed by atoms with van der Waals surface area (Å²) in [7, 11) is 4.75. The van der Waals surface area contributed by atoms with Gasteiger partial charge in [0.05, 0.1) is 19.2 Å². The van der Waals surface area contributed by atoms with Crippen LogP contribution >= 0.6 is 64.8 Å². The number of nitrogens with one attached hydrogen (secondary N) is 30. The smallest absolute Gasteiger partial charge is 0.245 e. The van der Waals surface area contributed by atoms with E-state index in [9.17, 15) is 43.5 Å². The van der Waals surface area contributed by atoms with E-state index < -0.39 is 310 Å². The van der Waals surface area contributed by atoms with Gasteiger partial charge in [-0.15, -0.1) is 0 Å². The number of nitrogens with two attached hydrogens (primary N) is 6. The number of aliphatic hydroxyl groups excluding tert-OH is 1. The first-order valence-electron chi connectivity index (χ1n) is 45.5. The molecular formula is C79H140N36O19S6. The Morgan fingerprint density at radius 1 is 0.293 bits per heavy atom. The van der Waals surface area contributed by atoms with Gasteiger partial charge >= 0.3 is 0 Å². The minimum atomic E-state index is -1.95. The van der Waals surface area contributed by atoms with Crippen molar-refractivity contribution in [2.24, 2.45) is 52.2 Å². The summed E-state index contributed by atoms with van der Waals surface area (Å²) in [6.07, 6.45) is -3.71. The lowest BCUT2D eigenvalue weighted by atomic mass is 9.97. The summed E-state index contributed by atoms with van der Waals surface area (Å²) in [6, 6.07) is -27.3. The molecule has 0 aromatic carbocycles. The summed E-state index contributed by atoms with van der Waals surface area (Å²) in [5.41, 5.74) is 33.6. The maximum absolute atomic E-state index is 15.7. The second-order valence-corrected chi connectivity index (χ2v) is 41.6. The van der Waals surface area contributed by atoms with Gasteiger partial charge in [0, 0.05) is 73.8 Å². The van der Waals surface area contributed by atoms with Crippen LogP contribution in [0.3, 0.4) is 0 Å². The average Bonchev–Trinajstić information content (AvgIpc) is 0.843. The third kappa shape index (κ3) is 46.0. The van der Waals surface area contributed by atoms with Crippen LogP contribution in [0.5, 0.6) is 0 Å². The van der Waals surface area contributed by atoms with Crippen LogP contribution in [0.15, 0.2) is 0 Å². The molecule has 140 heavy (non-hydrogen) atoms. The molecule has 0 unspecified atom stereocenters. The van der Waals surface area contributed by atoms with Crippen molar-refractivity contribution in [2.45, 2.75) is 241 Å². The Kier molecular flexibility index (Phi) is 54.8. The molecule has 6 bridgehead atoms. The zero-order valence-electron chi connectivity index (χ0n) is 79.1. The lowest BCUT2D eigenvalue weighted by molar-refractivity contribution is -0.137. The number of amides is 18. The molecule has 0 aromatic rings. The molecule has 0 saturated carbocycles. The molecule has 4 fully saturated rings. The van der Waals surface area contributed by atoms with Crippen LogP contribution in [0.25, 0.3) is 0 Å². The highest BCUT2D eigenvalue weighted by Gasteiger charge is 2.42. The molecule has 18 amide bonds. The van der Waals surface area contributed by atoms with Gasteiger partial charge in [0.2, 0.25) is 106 Å². The molecule has 0 spiro atoms. The molecule has 0 radical (unpaired) electrons. The normalized spacial score (nSPS) is 26.0. The van der Waals surface area contributed by atoms with Crippen LogP contribution in [0.2, 0.25) is 0 Å². The lowest BCUT2D eigenvalue weighted by Crippen LogP contribution is -2.63. The van der Waals surface area contributed by atoms with Crippen LogP contribution < -0.4 is 162 Å². The topological polar surface area (TPSA) is 915 Å². The molecule has 43 N–H and O–H groups in total. The first-order valence-corrected chi connectivity index (χ1v) is 52.9. The van der Waals surface area contributed by atoms with Crippen molar-refractivity contribution in [3.8, 4) is 0 Å². The third-order valence-electron chi connectivity index (χ3n) is 21.5. The highest BCUT2D eigenvalue weighted by molar-refractivity contribution is 8.77. The number of carbonyl (C=O) groups is 18. The summed E-state index contributed by atoms with van der Waals surface area (Å²) in [5.74, 6) is -27.3. The van der Waals surface area contributed by atoms with Crippen molar-refractivity contribution in [2.75, 3.05) is 86.9 Å². The number of fused-ring (bicyclic) bond motifs is 15. The molecule has 18 atom stereocenters. The number of rotatable bonds is 30. The van der Waals surface area contributed by atoms with E-state index in [-0.39, 0.29) is 129 Å². The van der Waals surface area contributed by atoms with Gasteiger partial charge in [0.15, 0.2) is 35.8 Å². The fourth-order valence-corrected chi connectivity index (χ4v) is 20.7. The van der Waals surface area contributed by atoms with Gasteiger partial charge < -0.3 is 167 Å². The summed E-state index contributed by atoms with van der Waals surface area (Å²) in [5, 5.41) is 120. The second-order valence-electron chi connectivity index (χ2n) is 33.9. The van der Waals surface area contributed by atoms with E-state index in [4.69, 9.17) is 66.9 Å². The Hall–Kier alpha value is -11.9. The van der Waals surface area contributed by atoms with Crippen LogP contribution in [-0.4, -0.2) is 337 Å². The number of aliphatic hydroxyl groups is 1. The Morgan fingerprint density at radius 2 is 0.514 bits per heavy atom.